The van der Waals surface area contributed by atoms with Gasteiger partial charge in [0.15, 0.2) is 0 Å². The van der Waals surface area contributed by atoms with Gasteiger partial charge in [0.1, 0.15) is 11.6 Å². The van der Waals surface area contributed by atoms with Gasteiger partial charge in [0.25, 0.3) is 0 Å². The number of ether oxygens (including phenoxy) is 1. The summed E-state index contributed by atoms with van der Waals surface area (Å²) in [6.07, 6.45) is 8.67. The minimum atomic E-state index is -1.29. The van der Waals surface area contributed by atoms with Crippen LogP contribution in [0.15, 0.2) is 54.6 Å². The number of aliphatic hydroxyl groups is 1. The maximum Gasteiger partial charge on any atom is 0.249 e. The lowest BCUT2D eigenvalue weighted by atomic mass is 9.73. The summed E-state index contributed by atoms with van der Waals surface area (Å²) in [7, 11) is 0. The highest BCUT2D eigenvalue weighted by Crippen LogP contribution is 2.59. The van der Waals surface area contributed by atoms with Crippen molar-refractivity contribution < 1.29 is 24.2 Å². The van der Waals surface area contributed by atoms with Gasteiger partial charge < -0.3 is 24.5 Å². The molecule has 0 bridgehead atoms. The topological polar surface area (TPSA) is 90.4 Å². The number of benzene rings is 1. The normalized spacial score (nSPS) is 33.4. The van der Waals surface area contributed by atoms with Crippen LogP contribution in [0.4, 0.5) is 0 Å². The van der Waals surface area contributed by atoms with Gasteiger partial charge in [-0.15, -0.1) is 0 Å². The van der Waals surface area contributed by atoms with E-state index in [4.69, 9.17) is 4.74 Å². The van der Waals surface area contributed by atoms with Crippen LogP contribution in [0.2, 0.25) is 0 Å². The van der Waals surface area contributed by atoms with Crippen LogP contribution < -0.4 is 0 Å². The van der Waals surface area contributed by atoms with Crippen LogP contribution in [0, 0.1) is 11.8 Å². The third-order valence-corrected chi connectivity index (χ3v) is 8.91. The Morgan fingerprint density at radius 3 is 2.32 bits per heavy atom. The van der Waals surface area contributed by atoms with Gasteiger partial charge in [-0.05, 0) is 32.3 Å². The Kier molecular flexibility index (Phi) is 6.99. The van der Waals surface area contributed by atoms with Crippen LogP contribution in [-0.4, -0.2) is 86.6 Å². The molecule has 3 amide bonds. The van der Waals surface area contributed by atoms with E-state index in [1.165, 1.54) is 0 Å². The molecule has 8 heteroatoms. The fourth-order valence-corrected chi connectivity index (χ4v) is 6.99. The molecule has 0 aromatic heterocycles. The Labute approximate surface area is 224 Å². The van der Waals surface area contributed by atoms with Crippen LogP contribution >= 0.6 is 0 Å². The summed E-state index contributed by atoms with van der Waals surface area (Å²) in [6.45, 7) is 8.74. The first-order valence-corrected chi connectivity index (χ1v) is 13.9. The lowest BCUT2D eigenvalue weighted by Crippen LogP contribution is -2.59. The zero-order valence-electron chi connectivity index (χ0n) is 22.7. The SMILES string of the molecule is CC[C@@H](CO)N1C(=O)[C@@H]2[C@H]3C(=O)N(Cc4ccccc4)CC=C[C@@]3(CC)O[C@@]23C=CCN(C(C)C)C(=O)C13. The van der Waals surface area contributed by atoms with Gasteiger partial charge >= 0.3 is 0 Å². The maximum absolute atomic E-state index is 14.4. The third-order valence-electron chi connectivity index (χ3n) is 8.91. The first-order chi connectivity index (χ1) is 18.2. The molecule has 8 nitrogen and oxygen atoms in total. The van der Waals surface area contributed by atoms with E-state index in [1.54, 1.807) is 14.7 Å². The highest BCUT2D eigenvalue weighted by Gasteiger charge is 2.75. The second kappa shape index (κ2) is 9.97. The van der Waals surface area contributed by atoms with E-state index >= 15 is 0 Å². The van der Waals surface area contributed by atoms with Crippen LogP contribution in [-0.2, 0) is 25.7 Å². The molecule has 6 atom stereocenters. The summed E-state index contributed by atoms with van der Waals surface area (Å²) in [5.74, 6) is -2.28. The molecule has 5 rings (SSSR count). The molecule has 0 saturated carbocycles. The molecule has 38 heavy (non-hydrogen) atoms. The lowest BCUT2D eigenvalue weighted by molar-refractivity contribution is -0.158. The molecule has 4 aliphatic heterocycles. The van der Waals surface area contributed by atoms with E-state index < -0.39 is 35.1 Å². The van der Waals surface area contributed by atoms with Gasteiger partial charge in [0, 0.05) is 25.7 Å². The number of hydrogen-bond donors (Lipinski definition) is 1. The van der Waals surface area contributed by atoms with Gasteiger partial charge in [0.05, 0.1) is 30.1 Å². The van der Waals surface area contributed by atoms with Crippen molar-refractivity contribution in [1.82, 2.24) is 14.7 Å². The van der Waals surface area contributed by atoms with Crippen LogP contribution in [0.3, 0.4) is 0 Å². The molecule has 1 N–H and O–H groups in total. The monoisotopic (exact) mass is 521 g/mol. The first kappa shape index (κ1) is 26.6. The summed E-state index contributed by atoms with van der Waals surface area (Å²) in [4.78, 5) is 48.0. The number of carbonyl (C=O) groups is 3. The first-order valence-electron chi connectivity index (χ1n) is 13.9. The molecule has 2 saturated heterocycles. The summed E-state index contributed by atoms with van der Waals surface area (Å²) < 4.78 is 6.97. The smallest absolute Gasteiger partial charge is 0.249 e. The number of aliphatic hydroxyl groups excluding tert-OH is 1. The van der Waals surface area contributed by atoms with Crippen molar-refractivity contribution in [3.8, 4) is 0 Å². The van der Waals surface area contributed by atoms with Crippen molar-refractivity contribution in [2.24, 2.45) is 11.8 Å². The molecule has 0 aliphatic carbocycles. The molecule has 1 aromatic carbocycles. The number of rotatable bonds is 7. The minimum Gasteiger partial charge on any atom is -0.394 e. The number of likely N-dealkylation sites (tertiary alicyclic amines) is 1. The molecule has 0 radical (unpaired) electrons. The lowest BCUT2D eigenvalue weighted by Gasteiger charge is -2.41. The van der Waals surface area contributed by atoms with Crippen molar-refractivity contribution in [2.45, 2.75) is 76.4 Å². The highest BCUT2D eigenvalue weighted by molar-refractivity contribution is 6.00. The predicted octanol–water partition coefficient (Wildman–Crippen LogP) is 2.52. The van der Waals surface area contributed by atoms with E-state index in [0.717, 1.165) is 5.56 Å². The van der Waals surface area contributed by atoms with E-state index in [2.05, 4.69) is 0 Å². The average molecular weight is 522 g/mol. The number of fused-ring (bicyclic) bond motifs is 2. The fraction of sp³-hybridized carbons (Fsp3) is 0.567. The average Bonchev–Trinajstić information content (AvgIpc) is 3.20. The number of nitrogens with zero attached hydrogens (tertiary/aromatic N) is 3. The standard InChI is InChI=1S/C30H39N3O5/c1-5-22(19-34)33-25-28(37)32(20(3)4)17-11-15-30(25)24(27(33)36)23-26(35)31(18-21-12-8-7-9-13-21)16-10-14-29(23,6-2)38-30/h7-15,20,22-25,34H,5-6,16-19H2,1-4H3/t22-,23-,24-,25?,29+,30-/m0/s1. The Bertz CT molecular complexity index is 1150. The second-order valence-corrected chi connectivity index (χ2v) is 11.2. The number of amides is 3. The van der Waals surface area contributed by atoms with Gasteiger partial charge in [-0.2, -0.15) is 0 Å². The Hall–Kier alpha value is -2.97. The quantitative estimate of drug-likeness (QED) is 0.557. The molecule has 4 heterocycles. The molecule has 4 aliphatic rings. The molecule has 204 valence electrons. The van der Waals surface area contributed by atoms with Crippen LogP contribution in [0.1, 0.15) is 46.1 Å². The minimum absolute atomic E-state index is 0.0811. The van der Waals surface area contributed by atoms with Crippen LogP contribution in [0.5, 0.6) is 0 Å². The van der Waals surface area contributed by atoms with E-state index in [-0.39, 0.29) is 30.4 Å². The number of carbonyl (C=O) groups excluding carboxylic acids is 3. The van der Waals surface area contributed by atoms with Gasteiger partial charge in [0.2, 0.25) is 17.7 Å². The van der Waals surface area contributed by atoms with Crippen molar-refractivity contribution in [3.63, 3.8) is 0 Å². The second-order valence-electron chi connectivity index (χ2n) is 11.2. The molecular formula is C30H39N3O5. The van der Waals surface area contributed by atoms with Gasteiger partial charge in [-0.3, -0.25) is 14.4 Å². The summed E-state index contributed by atoms with van der Waals surface area (Å²) in [5.41, 5.74) is -1.30. The van der Waals surface area contributed by atoms with E-state index in [1.807, 2.05) is 82.3 Å². The Morgan fingerprint density at radius 1 is 0.974 bits per heavy atom. The molecular weight excluding hydrogens is 482 g/mol. The maximum atomic E-state index is 14.4. The van der Waals surface area contributed by atoms with Crippen molar-refractivity contribution in [2.75, 3.05) is 19.7 Å². The Morgan fingerprint density at radius 2 is 1.68 bits per heavy atom. The van der Waals surface area contributed by atoms with Crippen molar-refractivity contribution in [3.05, 3.63) is 60.2 Å². The fourth-order valence-electron chi connectivity index (χ4n) is 6.99. The zero-order chi connectivity index (χ0) is 27.2. The molecule has 2 fully saturated rings. The third kappa shape index (κ3) is 3.83. The van der Waals surface area contributed by atoms with Gasteiger partial charge in [-0.25, -0.2) is 0 Å². The molecule has 1 unspecified atom stereocenters. The summed E-state index contributed by atoms with van der Waals surface area (Å²) in [5, 5.41) is 10.3. The van der Waals surface area contributed by atoms with Crippen LogP contribution in [0.25, 0.3) is 0 Å². The summed E-state index contributed by atoms with van der Waals surface area (Å²) >= 11 is 0. The van der Waals surface area contributed by atoms with E-state index in [0.29, 0.717) is 32.5 Å². The zero-order valence-corrected chi connectivity index (χ0v) is 22.7. The van der Waals surface area contributed by atoms with Gasteiger partial charge in [-0.1, -0.05) is 68.5 Å². The molecule has 1 spiro atoms. The molecule has 1 aromatic rings. The largest absolute Gasteiger partial charge is 0.394 e. The Balaban J connectivity index is 1.65. The predicted molar refractivity (Wildman–Crippen MR) is 143 cm³/mol. The van der Waals surface area contributed by atoms with Crippen molar-refractivity contribution >= 4 is 17.7 Å². The van der Waals surface area contributed by atoms with E-state index in [9.17, 15) is 19.5 Å². The summed E-state index contributed by atoms with van der Waals surface area (Å²) in [6, 6.07) is 8.24. The van der Waals surface area contributed by atoms with Crippen molar-refractivity contribution in [1.29, 1.82) is 0 Å². The highest BCUT2D eigenvalue weighted by atomic mass is 16.5. The number of hydrogen-bond acceptors (Lipinski definition) is 5.